The monoisotopic (exact) mass is 214 g/mol. The summed E-state index contributed by atoms with van der Waals surface area (Å²) in [4.78, 5) is 11.7. The molecule has 1 unspecified atom stereocenters. The van der Waals surface area contributed by atoms with Crippen molar-refractivity contribution in [3.8, 4) is 0 Å². The number of nitrogens with one attached hydrogen (secondary N) is 1. The van der Waals surface area contributed by atoms with Gasteiger partial charge in [-0.3, -0.25) is 4.79 Å². The molecule has 1 atom stereocenters. The molecule has 4 heteroatoms. The van der Waals surface area contributed by atoms with Crippen molar-refractivity contribution in [1.29, 1.82) is 0 Å². The molecular formula is C11H22N2O2. The molecule has 1 fully saturated rings. The Bertz CT molecular complexity index is 225. The molecular weight excluding hydrogens is 192 g/mol. The molecule has 0 aromatic heterocycles. The van der Waals surface area contributed by atoms with Crippen LogP contribution in [0.3, 0.4) is 0 Å². The van der Waals surface area contributed by atoms with E-state index >= 15 is 0 Å². The van der Waals surface area contributed by atoms with Crippen LogP contribution in [0.4, 0.5) is 0 Å². The van der Waals surface area contributed by atoms with E-state index in [1.165, 1.54) is 0 Å². The first-order valence-electron chi connectivity index (χ1n) is 5.63. The Labute approximate surface area is 91.2 Å². The number of hydrogen-bond donors (Lipinski definition) is 3. The van der Waals surface area contributed by atoms with Gasteiger partial charge in [0.25, 0.3) is 0 Å². The van der Waals surface area contributed by atoms with Gasteiger partial charge in [0, 0.05) is 18.5 Å². The van der Waals surface area contributed by atoms with E-state index in [9.17, 15) is 4.79 Å². The van der Waals surface area contributed by atoms with E-state index in [0.717, 1.165) is 12.8 Å². The highest BCUT2D eigenvalue weighted by molar-refractivity contribution is 5.79. The van der Waals surface area contributed by atoms with Crippen LogP contribution in [0.2, 0.25) is 0 Å². The highest BCUT2D eigenvalue weighted by atomic mass is 16.3. The van der Waals surface area contributed by atoms with Crippen LogP contribution in [0.15, 0.2) is 0 Å². The first-order chi connectivity index (χ1) is 7.04. The molecule has 0 radical (unpaired) electrons. The van der Waals surface area contributed by atoms with Crippen LogP contribution in [0.25, 0.3) is 0 Å². The number of rotatable bonds is 6. The molecule has 0 spiro atoms. The summed E-state index contributed by atoms with van der Waals surface area (Å²) in [5.41, 5.74) is 5.53. The second-order valence-electron chi connectivity index (χ2n) is 4.96. The van der Waals surface area contributed by atoms with Crippen LogP contribution >= 0.6 is 0 Å². The number of carbonyl (C=O) groups is 1. The summed E-state index contributed by atoms with van der Waals surface area (Å²) in [7, 11) is 0. The Kier molecular flexibility index (Phi) is 4.11. The fraction of sp³-hybridized carbons (Fsp3) is 0.909. The standard InChI is InChI=1S/C11H22N2O2/c1-8(2)9(5-12)10(15)13-6-11(7-14)3-4-11/h8-9,14H,3-7,12H2,1-2H3,(H,13,15). The van der Waals surface area contributed by atoms with Crippen LogP contribution in [0.1, 0.15) is 26.7 Å². The average Bonchev–Trinajstić information content (AvgIpc) is 2.96. The van der Waals surface area contributed by atoms with Crippen molar-refractivity contribution >= 4 is 5.91 Å². The molecule has 0 aromatic carbocycles. The molecule has 0 aliphatic heterocycles. The van der Waals surface area contributed by atoms with Gasteiger partial charge in [-0.25, -0.2) is 0 Å². The van der Waals surface area contributed by atoms with Gasteiger partial charge < -0.3 is 16.2 Å². The van der Waals surface area contributed by atoms with E-state index in [4.69, 9.17) is 10.8 Å². The van der Waals surface area contributed by atoms with E-state index in [2.05, 4.69) is 5.32 Å². The Hall–Kier alpha value is -0.610. The lowest BCUT2D eigenvalue weighted by Gasteiger charge is -2.20. The fourth-order valence-electron chi connectivity index (χ4n) is 1.66. The van der Waals surface area contributed by atoms with Gasteiger partial charge in [-0.15, -0.1) is 0 Å². The largest absolute Gasteiger partial charge is 0.396 e. The minimum absolute atomic E-state index is 0.0206. The maximum Gasteiger partial charge on any atom is 0.224 e. The highest BCUT2D eigenvalue weighted by Crippen LogP contribution is 2.44. The SMILES string of the molecule is CC(C)C(CN)C(=O)NCC1(CO)CC1. The van der Waals surface area contributed by atoms with Gasteiger partial charge in [0.05, 0.1) is 12.5 Å². The highest BCUT2D eigenvalue weighted by Gasteiger charge is 2.42. The molecule has 1 rings (SSSR count). The minimum Gasteiger partial charge on any atom is -0.396 e. The summed E-state index contributed by atoms with van der Waals surface area (Å²) in [5.74, 6) is 0.172. The van der Waals surface area contributed by atoms with Crippen molar-refractivity contribution in [2.75, 3.05) is 19.7 Å². The van der Waals surface area contributed by atoms with Crippen LogP contribution in [-0.4, -0.2) is 30.7 Å². The zero-order chi connectivity index (χ0) is 11.5. The van der Waals surface area contributed by atoms with E-state index in [1.54, 1.807) is 0 Å². The van der Waals surface area contributed by atoms with Crippen molar-refractivity contribution in [1.82, 2.24) is 5.32 Å². The lowest BCUT2D eigenvalue weighted by molar-refractivity contribution is -0.126. The number of aliphatic hydroxyl groups excluding tert-OH is 1. The minimum atomic E-state index is -0.112. The van der Waals surface area contributed by atoms with Crippen molar-refractivity contribution in [2.24, 2.45) is 23.0 Å². The summed E-state index contributed by atoms with van der Waals surface area (Å²) in [6, 6.07) is 0. The number of hydrogen-bond acceptors (Lipinski definition) is 3. The normalized spacial score (nSPS) is 20.1. The van der Waals surface area contributed by atoms with E-state index in [-0.39, 0.29) is 29.8 Å². The summed E-state index contributed by atoms with van der Waals surface area (Å²) >= 11 is 0. The van der Waals surface area contributed by atoms with Crippen molar-refractivity contribution in [2.45, 2.75) is 26.7 Å². The van der Waals surface area contributed by atoms with E-state index in [0.29, 0.717) is 13.1 Å². The molecule has 0 bridgehead atoms. The average molecular weight is 214 g/mol. The van der Waals surface area contributed by atoms with Gasteiger partial charge in [0.2, 0.25) is 5.91 Å². The summed E-state index contributed by atoms with van der Waals surface area (Å²) in [5, 5.41) is 12.0. The number of amides is 1. The summed E-state index contributed by atoms with van der Waals surface area (Å²) in [6.45, 7) is 5.13. The molecule has 4 nitrogen and oxygen atoms in total. The molecule has 88 valence electrons. The third kappa shape index (κ3) is 3.18. The first-order valence-corrected chi connectivity index (χ1v) is 5.63. The van der Waals surface area contributed by atoms with Crippen LogP contribution in [0.5, 0.6) is 0 Å². The quantitative estimate of drug-likeness (QED) is 0.587. The molecule has 1 aliphatic carbocycles. The van der Waals surface area contributed by atoms with E-state index < -0.39 is 0 Å². The number of carbonyl (C=O) groups excluding carboxylic acids is 1. The second kappa shape index (κ2) is 4.94. The Balaban J connectivity index is 2.34. The summed E-state index contributed by atoms with van der Waals surface area (Å²) in [6.07, 6.45) is 2.03. The van der Waals surface area contributed by atoms with Gasteiger partial charge in [-0.2, -0.15) is 0 Å². The summed E-state index contributed by atoms with van der Waals surface area (Å²) < 4.78 is 0. The molecule has 1 amide bonds. The molecule has 0 saturated heterocycles. The van der Waals surface area contributed by atoms with Crippen molar-refractivity contribution < 1.29 is 9.90 Å². The number of nitrogens with two attached hydrogens (primary N) is 1. The molecule has 4 N–H and O–H groups in total. The first kappa shape index (κ1) is 12.5. The van der Waals surface area contributed by atoms with Gasteiger partial charge in [0.15, 0.2) is 0 Å². The topological polar surface area (TPSA) is 75.4 Å². The molecule has 15 heavy (non-hydrogen) atoms. The van der Waals surface area contributed by atoms with Gasteiger partial charge in [-0.05, 0) is 18.8 Å². The van der Waals surface area contributed by atoms with Gasteiger partial charge in [0.1, 0.15) is 0 Å². The Morgan fingerprint density at radius 2 is 2.13 bits per heavy atom. The predicted molar refractivity (Wildman–Crippen MR) is 59.1 cm³/mol. The zero-order valence-electron chi connectivity index (χ0n) is 9.62. The fourth-order valence-corrected chi connectivity index (χ4v) is 1.66. The predicted octanol–water partition coefficient (Wildman–Crippen LogP) is 0.106. The third-order valence-electron chi connectivity index (χ3n) is 3.33. The van der Waals surface area contributed by atoms with Gasteiger partial charge >= 0.3 is 0 Å². The third-order valence-corrected chi connectivity index (χ3v) is 3.33. The Morgan fingerprint density at radius 1 is 1.53 bits per heavy atom. The zero-order valence-corrected chi connectivity index (χ0v) is 9.62. The molecule has 0 aromatic rings. The lowest BCUT2D eigenvalue weighted by atomic mass is 9.95. The van der Waals surface area contributed by atoms with Crippen LogP contribution in [-0.2, 0) is 4.79 Å². The van der Waals surface area contributed by atoms with Crippen LogP contribution < -0.4 is 11.1 Å². The second-order valence-corrected chi connectivity index (χ2v) is 4.96. The van der Waals surface area contributed by atoms with Crippen molar-refractivity contribution in [3.05, 3.63) is 0 Å². The Morgan fingerprint density at radius 3 is 2.47 bits per heavy atom. The van der Waals surface area contributed by atoms with Crippen molar-refractivity contribution in [3.63, 3.8) is 0 Å². The maximum atomic E-state index is 11.7. The van der Waals surface area contributed by atoms with E-state index in [1.807, 2.05) is 13.8 Å². The molecule has 1 saturated carbocycles. The number of aliphatic hydroxyl groups is 1. The van der Waals surface area contributed by atoms with Gasteiger partial charge in [-0.1, -0.05) is 13.8 Å². The van der Waals surface area contributed by atoms with Crippen LogP contribution in [0, 0.1) is 17.3 Å². The lowest BCUT2D eigenvalue weighted by Crippen LogP contribution is -2.41. The molecule has 1 aliphatic rings. The smallest absolute Gasteiger partial charge is 0.224 e. The molecule has 0 heterocycles. The maximum absolute atomic E-state index is 11.7.